The van der Waals surface area contributed by atoms with E-state index in [1.54, 1.807) is 0 Å². The number of hydrogen-bond donors (Lipinski definition) is 2. The number of aromatic amines is 1. The number of rotatable bonds is 4. The van der Waals surface area contributed by atoms with Crippen LogP contribution in [-0.4, -0.2) is 30.6 Å². The zero-order valence-electron chi connectivity index (χ0n) is 10.9. The van der Waals surface area contributed by atoms with Crippen molar-refractivity contribution in [2.24, 2.45) is 0 Å². The van der Waals surface area contributed by atoms with E-state index < -0.39 is 0 Å². The fraction of sp³-hybridized carbons (Fsp3) is 0.231. The summed E-state index contributed by atoms with van der Waals surface area (Å²) < 4.78 is 1.47. The number of fused-ring (bicyclic) bond motifs is 1. The first kappa shape index (κ1) is 12.3. The van der Waals surface area contributed by atoms with E-state index in [0.29, 0.717) is 0 Å². The predicted molar refractivity (Wildman–Crippen MR) is 72.7 cm³/mol. The number of aromatic nitrogens is 5. The number of carbonyl (C=O) groups excluding carboxylic acids is 1. The maximum Gasteiger partial charge on any atom is 0.242 e. The number of carbonyl (C=O) groups is 1. The molecule has 1 amide bonds. The van der Waals surface area contributed by atoms with E-state index in [-0.39, 0.29) is 18.5 Å². The van der Waals surface area contributed by atoms with Crippen molar-refractivity contribution >= 4 is 16.9 Å². The second-order valence-electron chi connectivity index (χ2n) is 4.52. The van der Waals surface area contributed by atoms with E-state index in [0.717, 1.165) is 16.9 Å². The minimum absolute atomic E-state index is 0.136. The predicted octanol–water partition coefficient (Wildman–Crippen LogP) is 1.03. The zero-order chi connectivity index (χ0) is 13.9. The molecule has 3 aromatic rings. The Kier molecular flexibility index (Phi) is 3.16. The highest BCUT2D eigenvalue weighted by Gasteiger charge is 2.13. The number of nitrogens with zero attached hydrogens (tertiary/aromatic N) is 4. The fourth-order valence-corrected chi connectivity index (χ4v) is 1.99. The average molecular weight is 270 g/mol. The molecule has 7 nitrogen and oxygen atoms in total. The molecule has 102 valence electrons. The lowest BCUT2D eigenvalue weighted by molar-refractivity contribution is -0.122. The van der Waals surface area contributed by atoms with Gasteiger partial charge in [0.2, 0.25) is 5.91 Å². The number of hydrogen-bond acceptors (Lipinski definition) is 4. The van der Waals surface area contributed by atoms with Crippen molar-refractivity contribution < 1.29 is 4.79 Å². The normalized spacial score (nSPS) is 12.4. The topological polar surface area (TPSA) is 88.5 Å². The van der Waals surface area contributed by atoms with Crippen LogP contribution >= 0.6 is 0 Å². The summed E-state index contributed by atoms with van der Waals surface area (Å²) in [5.74, 6) is 0.599. The van der Waals surface area contributed by atoms with Crippen LogP contribution in [0, 0.1) is 0 Å². The molecule has 0 spiro atoms. The Morgan fingerprint density at radius 2 is 2.30 bits per heavy atom. The van der Waals surface area contributed by atoms with Crippen LogP contribution in [0.3, 0.4) is 0 Å². The molecule has 1 aromatic carbocycles. The van der Waals surface area contributed by atoms with Gasteiger partial charge in [0.05, 0.1) is 17.1 Å². The lowest BCUT2D eigenvalue weighted by atomic mass is 10.3. The Bertz CT molecular complexity index is 684. The lowest BCUT2D eigenvalue weighted by Crippen LogP contribution is -2.30. The Hall–Kier alpha value is -2.70. The van der Waals surface area contributed by atoms with Crippen LogP contribution in [0.2, 0.25) is 0 Å². The van der Waals surface area contributed by atoms with Gasteiger partial charge >= 0.3 is 0 Å². The Labute approximate surface area is 115 Å². The third kappa shape index (κ3) is 2.51. The first-order chi connectivity index (χ1) is 9.72. The van der Waals surface area contributed by atoms with Gasteiger partial charge in [-0.1, -0.05) is 12.1 Å². The van der Waals surface area contributed by atoms with Crippen LogP contribution in [0.1, 0.15) is 18.8 Å². The summed E-state index contributed by atoms with van der Waals surface area (Å²) in [5.41, 5.74) is 1.85. The Morgan fingerprint density at radius 3 is 3.05 bits per heavy atom. The summed E-state index contributed by atoms with van der Waals surface area (Å²) in [6.07, 6.45) is 2.90. The molecule has 3 rings (SSSR count). The number of benzene rings is 1. The van der Waals surface area contributed by atoms with E-state index in [1.807, 2.05) is 31.2 Å². The molecular weight excluding hydrogens is 256 g/mol. The van der Waals surface area contributed by atoms with Crippen molar-refractivity contribution in [2.75, 3.05) is 0 Å². The molecule has 1 atom stereocenters. The van der Waals surface area contributed by atoms with Crippen LogP contribution < -0.4 is 5.32 Å². The third-order valence-corrected chi connectivity index (χ3v) is 2.97. The molecule has 2 N–H and O–H groups in total. The van der Waals surface area contributed by atoms with Crippen LogP contribution in [-0.2, 0) is 11.3 Å². The van der Waals surface area contributed by atoms with E-state index in [9.17, 15) is 4.79 Å². The first-order valence-electron chi connectivity index (χ1n) is 6.29. The number of nitrogens with one attached hydrogen (secondary N) is 2. The Balaban J connectivity index is 1.69. The molecule has 20 heavy (non-hydrogen) atoms. The molecule has 0 aliphatic rings. The van der Waals surface area contributed by atoms with Gasteiger partial charge in [-0.2, -0.15) is 5.10 Å². The summed E-state index contributed by atoms with van der Waals surface area (Å²) >= 11 is 0. The monoisotopic (exact) mass is 270 g/mol. The summed E-state index contributed by atoms with van der Waals surface area (Å²) in [6.45, 7) is 2.03. The van der Waals surface area contributed by atoms with Gasteiger partial charge < -0.3 is 10.3 Å². The molecule has 1 unspecified atom stereocenters. The van der Waals surface area contributed by atoms with Gasteiger partial charge in [0.15, 0.2) is 0 Å². The van der Waals surface area contributed by atoms with Crippen molar-refractivity contribution in [1.82, 2.24) is 30.0 Å². The van der Waals surface area contributed by atoms with E-state index in [4.69, 9.17) is 0 Å². The number of H-pyrrole nitrogens is 1. The highest BCUT2D eigenvalue weighted by Crippen LogP contribution is 2.15. The van der Waals surface area contributed by atoms with Gasteiger partial charge in [0.25, 0.3) is 0 Å². The summed E-state index contributed by atoms with van der Waals surface area (Å²) in [7, 11) is 0. The summed E-state index contributed by atoms with van der Waals surface area (Å²) in [4.78, 5) is 23.3. The van der Waals surface area contributed by atoms with Gasteiger partial charge in [-0.15, -0.1) is 0 Å². The zero-order valence-corrected chi connectivity index (χ0v) is 10.9. The first-order valence-corrected chi connectivity index (χ1v) is 6.29. The van der Waals surface area contributed by atoms with Crippen molar-refractivity contribution in [2.45, 2.75) is 19.5 Å². The second-order valence-corrected chi connectivity index (χ2v) is 4.52. The van der Waals surface area contributed by atoms with Gasteiger partial charge in [-0.05, 0) is 19.1 Å². The number of para-hydroxylation sites is 2. The highest BCUT2D eigenvalue weighted by atomic mass is 16.2. The minimum atomic E-state index is -0.196. The van der Waals surface area contributed by atoms with Crippen LogP contribution in [0.25, 0.3) is 11.0 Å². The van der Waals surface area contributed by atoms with Gasteiger partial charge in [0, 0.05) is 0 Å². The molecule has 0 radical (unpaired) electrons. The number of imidazole rings is 1. The molecule has 0 aliphatic carbocycles. The molecule has 7 heteroatoms. The fourth-order valence-electron chi connectivity index (χ4n) is 1.99. The van der Waals surface area contributed by atoms with Crippen LogP contribution in [0.5, 0.6) is 0 Å². The average Bonchev–Trinajstić information content (AvgIpc) is 3.06. The van der Waals surface area contributed by atoms with Crippen molar-refractivity contribution in [1.29, 1.82) is 0 Å². The molecular formula is C13H14N6O. The van der Waals surface area contributed by atoms with Crippen molar-refractivity contribution in [3.05, 3.63) is 42.7 Å². The van der Waals surface area contributed by atoms with Gasteiger partial charge in [0.1, 0.15) is 25.0 Å². The molecule has 0 fully saturated rings. The summed E-state index contributed by atoms with van der Waals surface area (Å²) in [6, 6.07) is 7.56. The standard InChI is InChI=1S/C13H14N6O/c1-9(16-12(20)6-19-8-14-7-15-19)13-17-10-4-2-3-5-11(10)18-13/h2-5,7-9H,6H2,1H3,(H,16,20)(H,17,18). The number of amides is 1. The maximum absolute atomic E-state index is 11.9. The van der Waals surface area contributed by atoms with Crippen molar-refractivity contribution in [3.63, 3.8) is 0 Å². The molecule has 2 aromatic heterocycles. The third-order valence-electron chi connectivity index (χ3n) is 2.97. The van der Waals surface area contributed by atoms with E-state index in [2.05, 4.69) is 25.4 Å². The van der Waals surface area contributed by atoms with E-state index in [1.165, 1.54) is 17.3 Å². The quantitative estimate of drug-likeness (QED) is 0.741. The lowest BCUT2D eigenvalue weighted by Gasteiger charge is -2.11. The maximum atomic E-state index is 11.9. The van der Waals surface area contributed by atoms with Gasteiger partial charge in [-0.25, -0.2) is 14.6 Å². The largest absolute Gasteiger partial charge is 0.345 e. The highest BCUT2D eigenvalue weighted by molar-refractivity contribution is 5.77. The van der Waals surface area contributed by atoms with Crippen LogP contribution in [0.15, 0.2) is 36.9 Å². The second kappa shape index (κ2) is 5.12. The molecule has 0 bridgehead atoms. The Morgan fingerprint density at radius 1 is 1.45 bits per heavy atom. The van der Waals surface area contributed by atoms with Crippen LogP contribution in [0.4, 0.5) is 0 Å². The van der Waals surface area contributed by atoms with Crippen molar-refractivity contribution in [3.8, 4) is 0 Å². The van der Waals surface area contributed by atoms with E-state index >= 15 is 0 Å². The molecule has 2 heterocycles. The minimum Gasteiger partial charge on any atom is -0.345 e. The molecule has 0 saturated carbocycles. The summed E-state index contributed by atoms with van der Waals surface area (Å²) in [5, 5.41) is 6.77. The molecule has 0 aliphatic heterocycles. The SMILES string of the molecule is CC(NC(=O)Cn1cncn1)c1nc2ccccc2[nH]1. The molecule has 0 saturated heterocycles. The smallest absolute Gasteiger partial charge is 0.242 e. The van der Waals surface area contributed by atoms with Gasteiger partial charge in [-0.3, -0.25) is 4.79 Å².